The van der Waals surface area contributed by atoms with Gasteiger partial charge in [0.15, 0.2) is 0 Å². The van der Waals surface area contributed by atoms with Crippen LogP contribution in [0.15, 0.2) is 0 Å². The summed E-state index contributed by atoms with van der Waals surface area (Å²) >= 11 is 0. The second kappa shape index (κ2) is 6.80. The highest BCUT2D eigenvalue weighted by molar-refractivity contribution is 5.77. The summed E-state index contributed by atoms with van der Waals surface area (Å²) in [7, 11) is 0. The van der Waals surface area contributed by atoms with Crippen molar-refractivity contribution in [2.24, 2.45) is 5.73 Å². The van der Waals surface area contributed by atoms with Gasteiger partial charge < -0.3 is 15.7 Å². The van der Waals surface area contributed by atoms with Crippen molar-refractivity contribution in [3.8, 4) is 0 Å². The molecule has 0 aromatic rings. The molecule has 0 heterocycles. The van der Waals surface area contributed by atoms with Crippen LogP contribution >= 0.6 is 0 Å². The predicted molar refractivity (Wildman–Crippen MR) is 61.9 cm³/mol. The van der Waals surface area contributed by atoms with Crippen LogP contribution in [0.1, 0.15) is 40.0 Å². The molecule has 0 fully saturated rings. The first-order valence-electron chi connectivity index (χ1n) is 5.68. The Morgan fingerprint density at radius 2 is 1.87 bits per heavy atom. The van der Waals surface area contributed by atoms with Crippen molar-refractivity contribution in [3.63, 3.8) is 0 Å². The minimum atomic E-state index is -1.07. The predicted octanol–water partition coefficient (Wildman–Crippen LogP) is 1.30. The Kier molecular flexibility index (Phi) is 6.52. The first kappa shape index (κ1) is 14.4. The minimum absolute atomic E-state index is 0.545. The molecule has 1 unspecified atom stereocenters. The molecule has 0 rings (SSSR count). The Bertz CT molecular complexity index is 189. The van der Waals surface area contributed by atoms with Gasteiger partial charge in [0.05, 0.1) is 0 Å². The number of carboxylic acids is 1. The molecule has 0 aliphatic carbocycles. The normalized spacial score (nSPS) is 15.3. The third-order valence-corrected chi connectivity index (χ3v) is 2.80. The average molecular weight is 216 g/mol. The van der Waals surface area contributed by atoms with Crippen molar-refractivity contribution in [2.75, 3.05) is 19.6 Å². The Balaban J connectivity index is 3.66. The average Bonchev–Trinajstić information content (AvgIpc) is 2.18. The van der Waals surface area contributed by atoms with Gasteiger partial charge >= 0.3 is 5.97 Å². The number of aliphatic carboxylic acids is 1. The van der Waals surface area contributed by atoms with Gasteiger partial charge in [-0.25, -0.2) is 0 Å². The van der Waals surface area contributed by atoms with Gasteiger partial charge in [-0.1, -0.05) is 13.8 Å². The molecule has 0 aliphatic rings. The lowest BCUT2D eigenvalue weighted by atomic mass is 9.96. The third kappa shape index (κ3) is 5.74. The fourth-order valence-corrected chi connectivity index (χ4v) is 1.47. The van der Waals surface area contributed by atoms with Crippen LogP contribution in [0.25, 0.3) is 0 Å². The zero-order valence-corrected chi connectivity index (χ0v) is 10.1. The van der Waals surface area contributed by atoms with Crippen LogP contribution in [0.5, 0.6) is 0 Å². The van der Waals surface area contributed by atoms with E-state index in [9.17, 15) is 4.79 Å². The van der Waals surface area contributed by atoms with Gasteiger partial charge in [-0.05, 0) is 45.8 Å². The zero-order valence-electron chi connectivity index (χ0n) is 10.1. The standard InChI is InChI=1S/C11H24N2O2/c1-4-13(5-2)9-7-6-8-11(3,12)10(14)15/h4-9,12H2,1-3H3,(H,14,15). The lowest BCUT2D eigenvalue weighted by Crippen LogP contribution is -2.44. The maximum absolute atomic E-state index is 10.7. The summed E-state index contributed by atoms with van der Waals surface area (Å²) in [5.74, 6) is -0.912. The highest BCUT2D eigenvalue weighted by atomic mass is 16.4. The largest absolute Gasteiger partial charge is 0.480 e. The molecular formula is C11H24N2O2. The van der Waals surface area contributed by atoms with E-state index in [0.29, 0.717) is 6.42 Å². The van der Waals surface area contributed by atoms with Crippen LogP contribution in [-0.4, -0.2) is 41.1 Å². The summed E-state index contributed by atoms with van der Waals surface area (Å²) in [6.45, 7) is 8.97. The molecule has 90 valence electrons. The molecule has 4 nitrogen and oxygen atoms in total. The summed E-state index contributed by atoms with van der Waals surface area (Å²) in [4.78, 5) is 13.1. The van der Waals surface area contributed by atoms with E-state index in [1.165, 1.54) is 0 Å². The van der Waals surface area contributed by atoms with E-state index in [1.807, 2.05) is 0 Å². The molecule has 0 radical (unpaired) electrons. The maximum Gasteiger partial charge on any atom is 0.323 e. The first-order chi connectivity index (χ1) is 6.94. The zero-order chi connectivity index (χ0) is 11.9. The number of rotatable bonds is 8. The molecule has 4 heteroatoms. The summed E-state index contributed by atoms with van der Waals surface area (Å²) in [5.41, 5.74) is 4.56. The molecule has 0 aromatic carbocycles. The molecule has 1 atom stereocenters. The molecule has 0 saturated heterocycles. The number of nitrogens with zero attached hydrogens (tertiary/aromatic N) is 1. The quantitative estimate of drug-likeness (QED) is 0.600. The number of nitrogens with two attached hydrogens (primary N) is 1. The van der Waals surface area contributed by atoms with Gasteiger partial charge in [0.2, 0.25) is 0 Å². The molecule has 0 amide bonds. The van der Waals surface area contributed by atoms with Crippen molar-refractivity contribution in [3.05, 3.63) is 0 Å². The molecule has 0 aromatic heterocycles. The van der Waals surface area contributed by atoms with Crippen molar-refractivity contribution in [2.45, 2.75) is 45.6 Å². The van der Waals surface area contributed by atoms with Crippen LogP contribution in [0.3, 0.4) is 0 Å². The van der Waals surface area contributed by atoms with Crippen LogP contribution < -0.4 is 5.73 Å². The monoisotopic (exact) mass is 216 g/mol. The SMILES string of the molecule is CCN(CC)CCCCC(C)(N)C(=O)O. The molecule has 0 aliphatic heterocycles. The van der Waals surface area contributed by atoms with Gasteiger partial charge in [-0.2, -0.15) is 0 Å². The molecule has 15 heavy (non-hydrogen) atoms. The van der Waals surface area contributed by atoms with E-state index in [1.54, 1.807) is 6.92 Å². The molecule has 0 bridgehead atoms. The van der Waals surface area contributed by atoms with Crippen molar-refractivity contribution in [1.82, 2.24) is 4.90 Å². The highest BCUT2D eigenvalue weighted by Gasteiger charge is 2.26. The summed E-state index contributed by atoms with van der Waals surface area (Å²) in [6.07, 6.45) is 2.43. The van der Waals surface area contributed by atoms with E-state index in [-0.39, 0.29) is 0 Å². The van der Waals surface area contributed by atoms with Crippen LogP contribution in [0.4, 0.5) is 0 Å². The van der Waals surface area contributed by atoms with Crippen LogP contribution in [-0.2, 0) is 4.79 Å². The fraction of sp³-hybridized carbons (Fsp3) is 0.909. The second-order valence-corrected chi connectivity index (χ2v) is 4.21. The second-order valence-electron chi connectivity index (χ2n) is 4.21. The van der Waals surface area contributed by atoms with Crippen molar-refractivity contribution < 1.29 is 9.90 Å². The maximum atomic E-state index is 10.7. The van der Waals surface area contributed by atoms with E-state index >= 15 is 0 Å². The summed E-state index contributed by atoms with van der Waals surface area (Å²) in [6, 6.07) is 0. The Morgan fingerprint density at radius 3 is 2.27 bits per heavy atom. The van der Waals surface area contributed by atoms with Gasteiger partial charge in [-0.15, -0.1) is 0 Å². The number of carboxylic acid groups (broad SMARTS) is 1. The molecular weight excluding hydrogens is 192 g/mol. The number of carbonyl (C=O) groups is 1. The van der Waals surface area contributed by atoms with Crippen molar-refractivity contribution in [1.29, 1.82) is 0 Å². The van der Waals surface area contributed by atoms with E-state index in [4.69, 9.17) is 10.8 Å². The van der Waals surface area contributed by atoms with Gasteiger partial charge in [0.25, 0.3) is 0 Å². The fourth-order valence-electron chi connectivity index (χ4n) is 1.47. The lowest BCUT2D eigenvalue weighted by molar-refractivity contribution is -0.142. The summed E-state index contributed by atoms with van der Waals surface area (Å²) < 4.78 is 0. The Morgan fingerprint density at radius 1 is 1.33 bits per heavy atom. The third-order valence-electron chi connectivity index (χ3n) is 2.80. The van der Waals surface area contributed by atoms with Gasteiger partial charge in [0.1, 0.15) is 5.54 Å². The van der Waals surface area contributed by atoms with Gasteiger partial charge in [-0.3, -0.25) is 4.79 Å². The van der Waals surface area contributed by atoms with E-state index in [0.717, 1.165) is 32.5 Å². The van der Waals surface area contributed by atoms with Crippen LogP contribution in [0.2, 0.25) is 0 Å². The highest BCUT2D eigenvalue weighted by Crippen LogP contribution is 2.11. The van der Waals surface area contributed by atoms with Crippen molar-refractivity contribution >= 4 is 5.97 Å². The van der Waals surface area contributed by atoms with Gasteiger partial charge in [0, 0.05) is 0 Å². The summed E-state index contributed by atoms with van der Waals surface area (Å²) in [5, 5.41) is 8.81. The number of hydrogen-bond acceptors (Lipinski definition) is 3. The number of unbranched alkanes of at least 4 members (excludes halogenated alkanes) is 1. The molecule has 0 saturated carbocycles. The molecule has 3 N–H and O–H groups in total. The Hall–Kier alpha value is -0.610. The smallest absolute Gasteiger partial charge is 0.323 e. The van der Waals surface area contributed by atoms with Crippen LogP contribution in [0, 0.1) is 0 Å². The lowest BCUT2D eigenvalue weighted by Gasteiger charge is -2.21. The number of hydrogen-bond donors (Lipinski definition) is 2. The van der Waals surface area contributed by atoms with E-state index < -0.39 is 11.5 Å². The Labute approximate surface area is 92.4 Å². The first-order valence-corrected chi connectivity index (χ1v) is 5.68. The molecule has 0 spiro atoms. The topological polar surface area (TPSA) is 66.6 Å². The minimum Gasteiger partial charge on any atom is -0.480 e. The van der Waals surface area contributed by atoms with E-state index in [2.05, 4.69) is 18.7 Å².